The summed E-state index contributed by atoms with van der Waals surface area (Å²) >= 11 is -0.826. The Balaban J connectivity index is 0.000000214. The van der Waals surface area contributed by atoms with Gasteiger partial charge in [-0.3, -0.25) is 0 Å². The fourth-order valence-electron chi connectivity index (χ4n) is 6.65. The number of hydrogen-bond donors (Lipinski definition) is 0. The predicted molar refractivity (Wildman–Crippen MR) is 206 cm³/mol. The molecule has 6 rings (SSSR count). The van der Waals surface area contributed by atoms with E-state index in [-0.39, 0.29) is 0 Å². The number of aryl methyl sites for hydroxylation is 8. The van der Waals surface area contributed by atoms with Crippen LogP contribution in [0.15, 0.2) is 84.9 Å². The van der Waals surface area contributed by atoms with Crippen LogP contribution >= 0.6 is 17.0 Å². The summed E-state index contributed by atoms with van der Waals surface area (Å²) in [5.74, 6) is 0. The van der Waals surface area contributed by atoms with Crippen LogP contribution < -0.4 is 0 Å². The second-order valence-corrected chi connectivity index (χ2v) is 16.9. The van der Waals surface area contributed by atoms with Gasteiger partial charge in [0.05, 0.1) is 0 Å². The fourth-order valence-corrected chi connectivity index (χ4v) is 6.65. The molecular weight excluding hydrogens is 695 g/mol. The van der Waals surface area contributed by atoms with Crippen molar-refractivity contribution in [2.75, 3.05) is 0 Å². The molecule has 0 aliphatic rings. The van der Waals surface area contributed by atoms with E-state index in [1.165, 1.54) is 88.3 Å². The third kappa shape index (κ3) is 9.44. The van der Waals surface area contributed by atoms with Crippen molar-refractivity contribution in [1.82, 2.24) is 0 Å². The van der Waals surface area contributed by atoms with E-state index in [4.69, 9.17) is 17.0 Å². The normalized spacial score (nSPS) is 10.3. The number of fused-ring (bicyclic) bond motifs is 2. The molecule has 4 heteroatoms. The summed E-state index contributed by atoms with van der Waals surface area (Å²) in [5.41, 5.74) is 16.6. The average Bonchev–Trinajstić information content (AvgIpc) is 3.62. The zero-order chi connectivity index (χ0) is 34.0. The fraction of sp³-hybridized carbons (Fsp3) is 0.286. The molecule has 0 amide bonds. The van der Waals surface area contributed by atoms with Crippen molar-refractivity contribution in [1.29, 1.82) is 0 Å². The van der Waals surface area contributed by atoms with Gasteiger partial charge in [-0.15, -0.1) is 69.1 Å². The number of halogens is 2. The van der Waals surface area contributed by atoms with Crippen LogP contribution in [-0.2, 0) is 33.7 Å². The Morgan fingerprint density at radius 3 is 1.15 bits per heavy atom. The molecule has 6 aromatic carbocycles. The SMILES string of the molecule is CCc1cc2c(-c3c(C)cc(C)cc3C)cccc2[cH-]1.CCc1cc2c(-c3c(C)cc(C)cc3C)cccc2[cH-]1.C[Si]C.[Cl][Zr+2][Cl]. The van der Waals surface area contributed by atoms with Crippen LogP contribution in [0.3, 0.4) is 0 Å². The van der Waals surface area contributed by atoms with Gasteiger partial charge in [0.15, 0.2) is 0 Å². The Bertz CT molecular complexity index is 1690. The molecular formula is C42H48Cl2SiZr. The molecule has 0 bridgehead atoms. The molecule has 0 aliphatic heterocycles. The third-order valence-electron chi connectivity index (χ3n) is 8.33. The van der Waals surface area contributed by atoms with Crippen LogP contribution in [-0.4, -0.2) is 9.52 Å². The van der Waals surface area contributed by atoms with E-state index in [2.05, 4.69) is 153 Å². The van der Waals surface area contributed by atoms with Crippen molar-refractivity contribution in [3.8, 4) is 22.3 Å². The van der Waals surface area contributed by atoms with E-state index >= 15 is 0 Å². The van der Waals surface area contributed by atoms with Crippen LogP contribution in [0.1, 0.15) is 58.4 Å². The molecule has 0 aliphatic carbocycles. The van der Waals surface area contributed by atoms with Gasteiger partial charge in [0, 0.05) is 9.52 Å². The summed E-state index contributed by atoms with van der Waals surface area (Å²) in [6, 6.07) is 31.8. The molecule has 0 unspecified atom stereocenters. The quantitative estimate of drug-likeness (QED) is 0.125. The molecule has 0 fully saturated rings. The van der Waals surface area contributed by atoms with Gasteiger partial charge >= 0.3 is 37.9 Å². The van der Waals surface area contributed by atoms with E-state index < -0.39 is 20.8 Å². The standard InChI is InChI=1S/2C20H21.C2H6Si.2ClH.Zr/c2*1-5-16-11-17-7-6-8-18(19(17)12-16)20-14(3)9-13(2)10-15(20)4;1-3-2;;;/h2*6-12H,5H2,1-4H3;1-2H3;2*1H;/q2*-1;;;;+4/p-2. The van der Waals surface area contributed by atoms with Crippen LogP contribution in [0.25, 0.3) is 43.8 Å². The van der Waals surface area contributed by atoms with Gasteiger partial charge < -0.3 is 0 Å². The summed E-state index contributed by atoms with van der Waals surface area (Å²) in [6.07, 6.45) is 2.19. The summed E-state index contributed by atoms with van der Waals surface area (Å²) < 4.78 is 0. The van der Waals surface area contributed by atoms with Crippen molar-refractivity contribution >= 4 is 48.1 Å². The number of hydrogen-bond acceptors (Lipinski definition) is 0. The van der Waals surface area contributed by atoms with Crippen LogP contribution in [0.4, 0.5) is 0 Å². The maximum atomic E-state index is 4.93. The van der Waals surface area contributed by atoms with Gasteiger partial charge in [0.2, 0.25) is 0 Å². The molecule has 0 saturated carbocycles. The zero-order valence-electron chi connectivity index (χ0n) is 29.3. The average molecular weight is 743 g/mol. The molecule has 0 atom stereocenters. The van der Waals surface area contributed by atoms with Gasteiger partial charge in [-0.25, -0.2) is 0 Å². The van der Waals surface area contributed by atoms with E-state index in [0.717, 1.165) is 22.4 Å². The predicted octanol–water partition coefficient (Wildman–Crippen LogP) is 13.6. The van der Waals surface area contributed by atoms with Gasteiger partial charge in [-0.2, -0.15) is 12.1 Å². The molecule has 2 radical (unpaired) electrons. The van der Waals surface area contributed by atoms with Crippen molar-refractivity contribution in [3.05, 3.63) is 129 Å². The summed E-state index contributed by atoms with van der Waals surface area (Å²) in [6.45, 7) is 22.0. The number of benzene rings is 4. The Morgan fingerprint density at radius 2 is 0.870 bits per heavy atom. The van der Waals surface area contributed by atoms with Gasteiger partial charge in [-0.1, -0.05) is 85.6 Å². The second kappa shape index (κ2) is 18.4. The Hall–Kier alpha value is -2.22. The maximum absolute atomic E-state index is 4.93. The number of rotatable bonds is 4. The van der Waals surface area contributed by atoms with Crippen LogP contribution in [0, 0.1) is 41.5 Å². The molecule has 6 aromatic rings. The van der Waals surface area contributed by atoms with Crippen molar-refractivity contribution in [3.63, 3.8) is 0 Å². The summed E-state index contributed by atoms with van der Waals surface area (Å²) in [5, 5.41) is 5.50. The molecule has 0 saturated heterocycles. The Labute approximate surface area is 299 Å². The zero-order valence-corrected chi connectivity index (χ0v) is 34.2. The van der Waals surface area contributed by atoms with Crippen LogP contribution in [0.2, 0.25) is 13.1 Å². The summed E-state index contributed by atoms with van der Waals surface area (Å²) in [4.78, 5) is 0. The first-order valence-corrected chi connectivity index (χ1v) is 24.4. The molecule has 0 aromatic heterocycles. The first kappa shape index (κ1) is 38.2. The molecule has 46 heavy (non-hydrogen) atoms. The Kier molecular flexibility index (Phi) is 15.3. The Morgan fingerprint density at radius 1 is 0.565 bits per heavy atom. The second-order valence-electron chi connectivity index (χ2n) is 12.2. The van der Waals surface area contributed by atoms with Gasteiger partial charge in [0.25, 0.3) is 0 Å². The molecule has 0 spiro atoms. The van der Waals surface area contributed by atoms with Crippen LogP contribution in [0.5, 0.6) is 0 Å². The van der Waals surface area contributed by atoms with E-state index in [0.29, 0.717) is 0 Å². The third-order valence-corrected chi connectivity index (χ3v) is 8.33. The molecule has 0 N–H and O–H groups in total. The molecule has 238 valence electrons. The topological polar surface area (TPSA) is 0 Å². The van der Waals surface area contributed by atoms with E-state index in [1.54, 1.807) is 0 Å². The molecule has 0 heterocycles. The van der Waals surface area contributed by atoms with Crippen molar-refractivity contribution < 1.29 is 20.8 Å². The summed E-state index contributed by atoms with van der Waals surface area (Å²) in [7, 11) is 11.0. The van der Waals surface area contributed by atoms with Gasteiger partial charge in [-0.05, 0) is 87.8 Å². The minimum absolute atomic E-state index is 0.826. The van der Waals surface area contributed by atoms with Gasteiger partial charge in [0.1, 0.15) is 0 Å². The van der Waals surface area contributed by atoms with E-state index in [9.17, 15) is 0 Å². The molecule has 0 nitrogen and oxygen atoms in total. The monoisotopic (exact) mass is 740 g/mol. The van der Waals surface area contributed by atoms with Crippen molar-refractivity contribution in [2.24, 2.45) is 0 Å². The van der Waals surface area contributed by atoms with Crippen molar-refractivity contribution in [2.45, 2.75) is 81.3 Å². The van der Waals surface area contributed by atoms with E-state index in [1.807, 2.05) is 0 Å². The first-order chi connectivity index (χ1) is 22.0. The minimum atomic E-state index is -0.826. The first-order valence-electron chi connectivity index (χ1n) is 16.1.